The Morgan fingerprint density at radius 3 is 2.55 bits per heavy atom. The molecular weight excluding hydrogens is 364 g/mol. The number of nitrogens with zero attached hydrogens (tertiary/aromatic N) is 2. The molecular formula is C22H38N6O. The quantitative estimate of drug-likeness (QED) is 0.218. The van der Waals surface area contributed by atoms with Crippen LogP contribution in [0.25, 0.3) is 0 Å². The first-order valence-electron chi connectivity index (χ1n) is 10.5. The van der Waals surface area contributed by atoms with Crippen LogP contribution in [0.4, 0.5) is 11.4 Å². The highest BCUT2D eigenvalue weighted by Crippen LogP contribution is 2.35. The molecule has 1 saturated heterocycles. The Bertz CT molecular complexity index is 697. The van der Waals surface area contributed by atoms with E-state index in [4.69, 9.17) is 16.4 Å². The number of nitrogens with two attached hydrogens (primary N) is 2. The summed E-state index contributed by atoms with van der Waals surface area (Å²) in [5.41, 5.74) is 6.99. The van der Waals surface area contributed by atoms with Gasteiger partial charge in [-0.15, -0.1) is 0 Å². The maximum Gasteiger partial charge on any atom is 0.136 e. The summed E-state index contributed by atoms with van der Waals surface area (Å²) in [6.45, 7) is 15.4. The first-order valence-corrected chi connectivity index (χ1v) is 10.5. The van der Waals surface area contributed by atoms with Crippen molar-refractivity contribution in [2.45, 2.75) is 58.9 Å². The topological polar surface area (TPSA) is 101 Å². The van der Waals surface area contributed by atoms with Gasteiger partial charge in [0.15, 0.2) is 0 Å². The standard InChI is InChI=1S/C22H38N6O/c1-15(2)14-28(19-8-10-29-11-9-19)21-7-6-18(13-20(21)25-16(3)4)17(5)12-22(26-23)27-24/h6-7,13,15,17,19,25H,3,8-12,14,23-24H2,1-2,4-5H3,(H,26,27). The van der Waals surface area contributed by atoms with Gasteiger partial charge in [-0.2, -0.15) is 5.10 Å². The summed E-state index contributed by atoms with van der Waals surface area (Å²) in [5.74, 6) is 12.3. The first-order chi connectivity index (χ1) is 13.8. The van der Waals surface area contributed by atoms with Crippen molar-refractivity contribution in [1.29, 1.82) is 0 Å². The van der Waals surface area contributed by atoms with Gasteiger partial charge < -0.3 is 26.2 Å². The fraction of sp³-hybridized carbons (Fsp3) is 0.591. The van der Waals surface area contributed by atoms with E-state index in [1.807, 2.05) is 6.92 Å². The summed E-state index contributed by atoms with van der Waals surface area (Å²) in [7, 11) is 0. The molecule has 7 heteroatoms. The van der Waals surface area contributed by atoms with Crippen molar-refractivity contribution in [3.05, 3.63) is 36.0 Å². The van der Waals surface area contributed by atoms with Gasteiger partial charge in [0.1, 0.15) is 5.84 Å². The predicted octanol–water partition coefficient (Wildman–Crippen LogP) is 3.50. The predicted molar refractivity (Wildman–Crippen MR) is 123 cm³/mol. The zero-order chi connectivity index (χ0) is 21.4. The second-order valence-corrected chi connectivity index (χ2v) is 8.40. The van der Waals surface area contributed by atoms with E-state index in [1.54, 1.807) is 0 Å². The smallest absolute Gasteiger partial charge is 0.136 e. The third-order valence-electron chi connectivity index (χ3n) is 5.26. The molecule has 0 radical (unpaired) electrons. The van der Waals surface area contributed by atoms with Crippen LogP contribution in [0.3, 0.4) is 0 Å². The maximum atomic E-state index is 5.60. The molecule has 1 aromatic carbocycles. The molecule has 1 atom stereocenters. The van der Waals surface area contributed by atoms with Crippen LogP contribution in [0.1, 0.15) is 58.4 Å². The van der Waals surface area contributed by atoms with Crippen molar-refractivity contribution in [2.75, 3.05) is 30.0 Å². The minimum Gasteiger partial charge on any atom is -0.381 e. The van der Waals surface area contributed by atoms with Crippen molar-refractivity contribution in [2.24, 2.45) is 22.7 Å². The van der Waals surface area contributed by atoms with Crippen molar-refractivity contribution in [3.8, 4) is 0 Å². The van der Waals surface area contributed by atoms with Crippen molar-refractivity contribution >= 4 is 17.2 Å². The molecule has 6 N–H and O–H groups in total. The lowest BCUT2D eigenvalue weighted by molar-refractivity contribution is 0.0839. The number of amidine groups is 1. The molecule has 0 bridgehead atoms. The molecule has 1 unspecified atom stereocenters. The number of hydrazone groups is 1. The van der Waals surface area contributed by atoms with Crippen molar-refractivity contribution in [3.63, 3.8) is 0 Å². The summed E-state index contributed by atoms with van der Waals surface area (Å²) in [4.78, 5) is 2.54. The number of nitrogens with one attached hydrogen (secondary N) is 2. The Balaban J connectivity index is 2.38. The van der Waals surface area contributed by atoms with Crippen LogP contribution >= 0.6 is 0 Å². The van der Waals surface area contributed by atoms with Gasteiger partial charge >= 0.3 is 0 Å². The van der Waals surface area contributed by atoms with Crippen LogP contribution in [0, 0.1) is 5.92 Å². The molecule has 0 saturated carbocycles. The van der Waals surface area contributed by atoms with Crippen molar-refractivity contribution < 1.29 is 4.74 Å². The van der Waals surface area contributed by atoms with Crippen LogP contribution in [0.15, 0.2) is 35.6 Å². The number of rotatable bonds is 9. The van der Waals surface area contributed by atoms with E-state index in [-0.39, 0.29) is 5.92 Å². The third kappa shape index (κ3) is 6.65. The number of ether oxygens (including phenoxy) is 1. The van der Waals surface area contributed by atoms with E-state index in [2.05, 4.69) is 66.3 Å². The lowest BCUT2D eigenvalue weighted by Crippen LogP contribution is -2.42. The average Bonchev–Trinajstić information content (AvgIpc) is 2.70. The Hall–Kier alpha value is -2.25. The van der Waals surface area contributed by atoms with Crippen LogP contribution < -0.4 is 27.3 Å². The minimum absolute atomic E-state index is 0.217. The van der Waals surface area contributed by atoms with Gasteiger partial charge in [-0.05, 0) is 49.3 Å². The normalized spacial score (nSPS) is 16.6. The molecule has 162 valence electrons. The number of hydrogen-bond acceptors (Lipinski definition) is 6. The molecule has 1 aliphatic rings. The van der Waals surface area contributed by atoms with E-state index in [1.165, 1.54) is 11.3 Å². The largest absolute Gasteiger partial charge is 0.381 e. The van der Waals surface area contributed by atoms with E-state index < -0.39 is 0 Å². The van der Waals surface area contributed by atoms with E-state index >= 15 is 0 Å². The monoisotopic (exact) mass is 402 g/mol. The number of anilines is 2. The number of hydrazine groups is 1. The van der Waals surface area contributed by atoms with Gasteiger partial charge in [0.25, 0.3) is 0 Å². The minimum atomic E-state index is 0.217. The Kier molecular flexibility index (Phi) is 8.79. The third-order valence-corrected chi connectivity index (χ3v) is 5.26. The maximum absolute atomic E-state index is 5.60. The van der Waals surface area contributed by atoms with E-state index in [0.29, 0.717) is 24.2 Å². The molecule has 1 heterocycles. The summed E-state index contributed by atoms with van der Waals surface area (Å²) in [6.07, 6.45) is 2.75. The number of benzene rings is 1. The van der Waals surface area contributed by atoms with Gasteiger partial charge in [-0.25, -0.2) is 5.84 Å². The highest BCUT2D eigenvalue weighted by atomic mass is 16.5. The molecule has 29 heavy (non-hydrogen) atoms. The van der Waals surface area contributed by atoms with Gasteiger partial charge in [0, 0.05) is 37.9 Å². The lowest BCUT2D eigenvalue weighted by Gasteiger charge is -2.38. The summed E-state index contributed by atoms with van der Waals surface area (Å²) in [6, 6.07) is 7.12. The molecule has 0 spiro atoms. The SMILES string of the molecule is C=C(C)Nc1cc(C(C)C/C(=N/N)NN)ccc1N(CC(C)C)C1CCOCC1. The number of hydrogen-bond donors (Lipinski definition) is 4. The Morgan fingerprint density at radius 1 is 1.31 bits per heavy atom. The lowest BCUT2D eigenvalue weighted by atomic mass is 9.95. The molecule has 1 aliphatic heterocycles. The van der Waals surface area contributed by atoms with Crippen LogP contribution in [0.2, 0.25) is 0 Å². The average molecular weight is 403 g/mol. The molecule has 0 aliphatic carbocycles. The molecule has 7 nitrogen and oxygen atoms in total. The summed E-state index contributed by atoms with van der Waals surface area (Å²) in [5, 5.41) is 7.19. The van der Waals surface area contributed by atoms with Crippen molar-refractivity contribution in [1.82, 2.24) is 5.43 Å². The fourth-order valence-corrected chi connectivity index (χ4v) is 3.83. The van der Waals surface area contributed by atoms with E-state index in [0.717, 1.165) is 44.0 Å². The number of allylic oxidation sites excluding steroid dienone is 1. The first kappa shape index (κ1) is 23.0. The highest BCUT2D eigenvalue weighted by molar-refractivity contribution is 5.82. The molecule has 1 aromatic rings. The molecule has 0 amide bonds. The van der Waals surface area contributed by atoms with Crippen LogP contribution in [-0.2, 0) is 4.74 Å². The summed E-state index contributed by atoms with van der Waals surface area (Å²) < 4.78 is 5.60. The molecule has 0 aromatic heterocycles. The van der Waals surface area contributed by atoms with Crippen LogP contribution in [-0.4, -0.2) is 31.6 Å². The zero-order valence-electron chi connectivity index (χ0n) is 18.4. The second kappa shape index (κ2) is 11.1. The second-order valence-electron chi connectivity index (χ2n) is 8.40. The van der Waals surface area contributed by atoms with Gasteiger partial charge in [-0.3, -0.25) is 0 Å². The highest BCUT2D eigenvalue weighted by Gasteiger charge is 2.25. The Morgan fingerprint density at radius 2 is 2.00 bits per heavy atom. The molecule has 2 rings (SSSR count). The van der Waals surface area contributed by atoms with Crippen LogP contribution in [0.5, 0.6) is 0 Å². The van der Waals surface area contributed by atoms with Gasteiger partial charge in [0.05, 0.1) is 11.4 Å². The Labute approximate surface area is 175 Å². The van der Waals surface area contributed by atoms with Gasteiger partial charge in [0.2, 0.25) is 0 Å². The van der Waals surface area contributed by atoms with E-state index in [9.17, 15) is 0 Å². The van der Waals surface area contributed by atoms with Gasteiger partial charge in [-0.1, -0.05) is 33.4 Å². The molecule has 1 fully saturated rings. The fourth-order valence-electron chi connectivity index (χ4n) is 3.83. The summed E-state index contributed by atoms with van der Waals surface area (Å²) >= 11 is 0. The zero-order valence-corrected chi connectivity index (χ0v) is 18.4.